The third-order valence-corrected chi connectivity index (χ3v) is 4.59. The van der Waals surface area contributed by atoms with Crippen molar-refractivity contribution in [3.8, 4) is 0 Å². The standard InChI is InChI=1S/C17H16N4O3S/c1-20-10-14(22)21(2)17(20)19-15(23)11-5-7-12(8-6-11)18-16(24)13-4-3-9-25-13/h3-9H,10H2,1-2H3,(H,18,24). The molecule has 2 heterocycles. The number of guanidine groups is 1. The van der Waals surface area contributed by atoms with Crippen LogP contribution in [-0.2, 0) is 4.79 Å². The van der Waals surface area contributed by atoms with Crippen LogP contribution in [-0.4, -0.2) is 54.1 Å². The average Bonchev–Trinajstić information content (AvgIpc) is 3.20. The van der Waals surface area contributed by atoms with Crippen LogP contribution in [0.15, 0.2) is 46.8 Å². The van der Waals surface area contributed by atoms with Gasteiger partial charge in [0.25, 0.3) is 11.8 Å². The van der Waals surface area contributed by atoms with E-state index in [9.17, 15) is 14.4 Å². The first-order chi connectivity index (χ1) is 12.0. The highest BCUT2D eigenvalue weighted by atomic mass is 32.1. The largest absolute Gasteiger partial charge is 0.336 e. The molecule has 1 fully saturated rings. The SMILES string of the molecule is CN1CC(=O)N(C)C1=NC(=O)c1ccc(NC(=O)c2cccs2)cc1. The summed E-state index contributed by atoms with van der Waals surface area (Å²) in [6, 6.07) is 10.0. The monoisotopic (exact) mass is 356 g/mol. The molecule has 0 unspecified atom stereocenters. The van der Waals surface area contributed by atoms with Crippen LogP contribution in [0.5, 0.6) is 0 Å². The van der Waals surface area contributed by atoms with Crippen LogP contribution >= 0.6 is 11.3 Å². The van der Waals surface area contributed by atoms with Crippen molar-refractivity contribution in [2.24, 2.45) is 4.99 Å². The van der Waals surface area contributed by atoms with E-state index in [1.54, 1.807) is 49.3 Å². The van der Waals surface area contributed by atoms with Gasteiger partial charge < -0.3 is 10.2 Å². The normalized spacial score (nSPS) is 15.8. The number of rotatable bonds is 3. The van der Waals surface area contributed by atoms with E-state index in [0.29, 0.717) is 22.1 Å². The van der Waals surface area contributed by atoms with Crippen molar-refractivity contribution in [3.63, 3.8) is 0 Å². The minimum Gasteiger partial charge on any atom is -0.336 e. The molecule has 0 aliphatic carbocycles. The zero-order chi connectivity index (χ0) is 18.0. The van der Waals surface area contributed by atoms with E-state index in [0.717, 1.165) is 0 Å². The maximum absolute atomic E-state index is 12.3. The zero-order valence-corrected chi connectivity index (χ0v) is 14.5. The summed E-state index contributed by atoms with van der Waals surface area (Å²) in [6.45, 7) is 0.205. The predicted molar refractivity (Wildman–Crippen MR) is 95.9 cm³/mol. The fourth-order valence-corrected chi connectivity index (χ4v) is 2.98. The highest BCUT2D eigenvalue weighted by molar-refractivity contribution is 7.12. The summed E-state index contributed by atoms with van der Waals surface area (Å²) >= 11 is 1.36. The van der Waals surface area contributed by atoms with Gasteiger partial charge in [0.05, 0.1) is 11.4 Å². The highest BCUT2D eigenvalue weighted by Gasteiger charge is 2.29. The molecule has 3 amide bonds. The first-order valence-electron chi connectivity index (χ1n) is 7.51. The van der Waals surface area contributed by atoms with Crippen molar-refractivity contribution < 1.29 is 14.4 Å². The number of aliphatic imine (C=N–C) groups is 1. The molecule has 1 aromatic carbocycles. The Balaban J connectivity index is 1.71. The van der Waals surface area contributed by atoms with Crippen LogP contribution < -0.4 is 5.32 Å². The number of hydrogen-bond donors (Lipinski definition) is 1. The second-order valence-corrected chi connectivity index (χ2v) is 6.48. The first-order valence-corrected chi connectivity index (χ1v) is 8.39. The minimum absolute atomic E-state index is 0.110. The lowest BCUT2D eigenvalue weighted by molar-refractivity contribution is -0.124. The molecule has 0 radical (unpaired) electrons. The molecule has 2 aromatic rings. The van der Waals surface area contributed by atoms with Gasteiger partial charge in [-0.3, -0.25) is 19.3 Å². The van der Waals surface area contributed by atoms with E-state index in [4.69, 9.17) is 0 Å². The van der Waals surface area contributed by atoms with Crippen LogP contribution in [0.2, 0.25) is 0 Å². The topological polar surface area (TPSA) is 82.1 Å². The maximum atomic E-state index is 12.3. The van der Waals surface area contributed by atoms with Crippen LogP contribution in [0, 0.1) is 0 Å². The Morgan fingerprint density at radius 3 is 2.44 bits per heavy atom. The Hall–Kier alpha value is -3.00. The van der Waals surface area contributed by atoms with E-state index in [1.165, 1.54) is 16.2 Å². The smallest absolute Gasteiger partial charge is 0.280 e. The number of anilines is 1. The van der Waals surface area contributed by atoms with E-state index in [2.05, 4.69) is 10.3 Å². The molecule has 3 rings (SSSR count). The molecule has 128 valence electrons. The molecule has 0 spiro atoms. The number of carbonyl (C=O) groups excluding carboxylic acids is 3. The summed E-state index contributed by atoms with van der Waals surface area (Å²) in [6.07, 6.45) is 0. The molecule has 1 aliphatic rings. The lowest BCUT2D eigenvalue weighted by Crippen LogP contribution is -2.30. The molecule has 8 heteroatoms. The number of nitrogens with one attached hydrogen (secondary N) is 1. The number of thiophene rings is 1. The lowest BCUT2D eigenvalue weighted by Gasteiger charge is -2.13. The summed E-state index contributed by atoms with van der Waals surface area (Å²) in [7, 11) is 3.29. The van der Waals surface area contributed by atoms with Gasteiger partial charge in [0.2, 0.25) is 11.9 Å². The predicted octanol–water partition coefficient (Wildman–Crippen LogP) is 1.90. The van der Waals surface area contributed by atoms with Gasteiger partial charge in [-0.2, -0.15) is 4.99 Å². The van der Waals surface area contributed by atoms with Gasteiger partial charge in [0.1, 0.15) is 0 Å². The molecule has 0 saturated carbocycles. The fourth-order valence-electron chi connectivity index (χ4n) is 2.36. The van der Waals surface area contributed by atoms with Crippen molar-refractivity contribution in [3.05, 3.63) is 52.2 Å². The number of likely N-dealkylation sites (N-methyl/N-ethyl adjacent to an activating group) is 2. The van der Waals surface area contributed by atoms with Crippen molar-refractivity contribution >= 4 is 40.7 Å². The average molecular weight is 356 g/mol. The van der Waals surface area contributed by atoms with Gasteiger partial charge in [-0.25, -0.2) is 0 Å². The van der Waals surface area contributed by atoms with Crippen molar-refractivity contribution in [2.45, 2.75) is 0 Å². The Morgan fingerprint density at radius 1 is 1.16 bits per heavy atom. The molecule has 1 N–H and O–H groups in total. The summed E-state index contributed by atoms with van der Waals surface area (Å²) < 4.78 is 0. The van der Waals surface area contributed by atoms with Gasteiger partial charge in [-0.1, -0.05) is 6.07 Å². The van der Waals surface area contributed by atoms with E-state index >= 15 is 0 Å². The summed E-state index contributed by atoms with van der Waals surface area (Å²) in [5.41, 5.74) is 0.968. The van der Waals surface area contributed by atoms with Gasteiger partial charge in [0.15, 0.2) is 0 Å². The molecule has 1 aromatic heterocycles. The van der Waals surface area contributed by atoms with E-state index in [-0.39, 0.29) is 18.4 Å². The third kappa shape index (κ3) is 3.58. The van der Waals surface area contributed by atoms with Gasteiger partial charge in [0, 0.05) is 25.3 Å². The maximum Gasteiger partial charge on any atom is 0.280 e. The minimum atomic E-state index is -0.445. The summed E-state index contributed by atoms with van der Waals surface area (Å²) in [5.74, 6) is -0.424. The Labute approximate surface area is 148 Å². The van der Waals surface area contributed by atoms with Gasteiger partial charge in [-0.05, 0) is 35.7 Å². The quantitative estimate of drug-likeness (QED) is 0.911. The van der Waals surface area contributed by atoms with Crippen LogP contribution in [0.4, 0.5) is 5.69 Å². The first kappa shape index (κ1) is 16.8. The van der Waals surface area contributed by atoms with Crippen LogP contribution in [0.25, 0.3) is 0 Å². The van der Waals surface area contributed by atoms with Gasteiger partial charge >= 0.3 is 0 Å². The highest BCUT2D eigenvalue weighted by Crippen LogP contribution is 2.15. The summed E-state index contributed by atoms with van der Waals surface area (Å²) in [5, 5.41) is 4.60. The molecular formula is C17H16N4O3S. The Kier molecular flexibility index (Phi) is 4.62. The Bertz CT molecular complexity index is 843. The number of amides is 3. The second kappa shape index (κ2) is 6.86. The molecule has 7 nitrogen and oxygen atoms in total. The van der Waals surface area contributed by atoms with Crippen molar-refractivity contribution in [2.75, 3.05) is 26.0 Å². The van der Waals surface area contributed by atoms with Gasteiger partial charge in [-0.15, -0.1) is 11.3 Å². The molecule has 1 saturated heterocycles. The molecular weight excluding hydrogens is 340 g/mol. The number of benzene rings is 1. The Morgan fingerprint density at radius 2 is 1.88 bits per heavy atom. The van der Waals surface area contributed by atoms with Crippen molar-refractivity contribution in [1.29, 1.82) is 0 Å². The second-order valence-electron chi connectivity index (χ2n) is 5.53. The molecule has 1 aliphatic heterocycles. The molecule has 0 bridgehead atoms. The van der Waals surface area contributed by atoms with Crippen molar-refractivity contribution in [1.82, 2.24) is 9.80 Å². The third-order valence-electron chi connectivity index (χ3n) is 3.72. The van der Waals surface area contributed by atoms with E-state index < -0.39 is 5.91 Å². The van der Waals surface area contributed by atoms with E-state index in [1.807, 2.05) is 11.4 Å². The zero-order valence-electron chi connectivity index (χ0n) is 13.7. The molecule has 0 atom stereocenters. The lowest BCUT2D eigenvalue weighted by atomic mass is 10.2. The fraction of sp³-hybridized carbons (Fsp3) is 0.176. The number of nitrogens with zero attached hydrogens (tertiary/aromatic N) is 3. The van der Waals surface area contributed by atoms with Crippen LogP contribution in [0.1, 0.15) is 20.0 Å². The summed E-state index contributed by atoms with van der Waals surface area (Å²) in [4.78, 5) is 43.5. The van der Waals surface area contributed by atoms with Crippen LogP contribution in [0.3, 0.4) is 0 Å². The molecule has 25 heavy (non-hydrogen) atoms. The number of hydrogen-bond acceptors (Lipinski definition) is 4. The number of carbonyl (C=O) groups is 3.